The van der Waals surface area contributed by atoms with E-state index in [0.29, 0.717) is 0 Å². The van der Waals surface area contributed by atoms with Crippen LogP contribution in [0.5, 0.6) is 11.5 Å². The van der Waals surface area contributed by atoms with Crippen molar-refractivity contribution in [1.29, 1.82) is 0 Å². The van der Waals surface area contributed by atoms with Crippen LogP contribution < -0.4 is 9.47 Å². The topological polar surface area (TPSA) is 55.8 Å². The third kappa shape index (κ3) is 2.37. The molecule has 0 aliphatic heterocycles. The molecule has 0 amide bonds. The Morgan fingerprint density at radius 3 is 2.53 bits per heavy atom. The van der Waals surface area contributed by atoms with Crippen LogP contribution in [0.2, 0.25) is 0 Å². The Morgan fingerprint density at radius 2 is 2.07 bits per heavy atom. The molecule has 0 atom stereocenters. The third-order valence-electron chi connectivity index (χ3n) is 1.77. The molecule has 0 radical (unpaired) electrons. The van der Waals surface area contributed by atoms with Gasteiger partial charge in [-0.2, -0.15) is 4.39 Å². The lowest BCUT2D eigenvalue weighted by Gasteiger charge is -2.09. The van der Waals surface area contributed by atoms with Crippen molar-refractivity contribution >= 4 is 5.97 Å². The SMILES string of the molecule is CCOc1cc(C(=O)O)cc(OC)c1F. The van der Waals surface area contributed by atoms with E-state index in [1.807, 2.05) is 0 Å². The maximum Gasteiger partial charge on any atom is 0.335 e. The first-order valence-electron chi connectivity index (χ1n) is 4.33. The molecule has 0 bridgehead atoms. The summed E-state index contributed by atoms with van der Waals surface area (Å²) in [5.74, 6) is -2.11. The molecule has 15 heavy (non-hydrogen) atoms. The van der Waals surface area contributed by atoms with E-state index in [1.54, 1.807) is 6.92 Å². The molecule has 1 rings (SSSR count). The van der Waals surface area contributed by atoms with Crippen molar-refractivity contribution in [3.63, 3.8) is 0 Å². The van der Waals surface area contributed by atoms with Crippen molar-refractivity contribution in [2.75, 3.05) is 13.7 Å². The minimum absolute atomic E-state index is 0.0725. The third-order valence-corrected chi connectivity index (χ3v) is 1.77. The second kappa shape index (κ2) is 4.63. The smallest absolute Gasteiger partial charge is 0.335 e. The van der Waals surface area contributed by atoms with Gasteiger partial charge in [-0.3, -0.25) is 0 Å². The van der Waals surface area contributed by atoms with Crippen molar-refractivity contribution < 1.29 is 23.8 Å². The summed E-state index contributed by atoms with van der Waals surface area (Å²) in [5, 5.41) is 8.75. The van der Waals surface area contributed by atoms with Gasteiger partial charge in [-0.25, -0.2) is 4.79 Å². The van der Waals surface area contributed by atoms with Crippen molar-refractivity contribution in [2.24, 2.45) is 0 Å². The molecule has 4 nitrogen and oxygen atoms in total. The number of methoxy groups -OCH3 is 1. The Labute approximate surface area is 86.2 Å². The fourth-order valence-corrected chi connectivity index (χ4v) is 1.10. The highest BCUT2D eigenvalue weighted by atomic mass is 19.1. The minimum Gasteiger partial charge on any atom is -0.494 e. The number of aromatic carboxylic acids is 1. The van der Waals surface area contributed by atoms with Crippen LogP contribution in [0, 0.1) is 5.82 Å². The fourth-order valence-electron chi connectivity index (χ4n) is 1.10. The van der Waals surface area contributed by atoms with Crippen LogP contribution in [-0.4, -0.2) is 24.8 Å². The second-order valence-electron chi connectivity index (χ2n) is 2.73. The van der Waals surface area contributed by atoms with Crippen molar-refractivity contribution in [2.45, 2.75) is 6.92 Å². The Balaban J connectivity index is 3.25. The number of rotatable bonds is 4. The summed E-state index contributed by atoms with van der Waals surface area (Å²) in [4.78, 5) is 10.7. The monoisotopic (exact) mass is 214 g/mol. The molecule has 0 saturated heterocycles. The summed E-state index contributed by atoms with van der Waals surface area (Å²) in [6.07, 6.45) is 0. The van der Waals surface area contributed by atoms with E-state index in [2.05, 4.69) is 0 Å². The van der Waals surface area contributed by atoms with Gasteiger partial charge in [0.2, 0.25) is 5.82 Å². The average Bonchev–Trinajstić information content (AvgIpc) is 2.21. The zero-order valence-corrected chi connectivity index (χ0v) is 8.41. The van der Waals surface area contributed by atoms with E-state index in [0.717, 1.165) is 12.1 Å². The molecule has 0 fully saturated rings. The lowest BCUT2D eigenvalue weighted by atomic mass is 10.2. The predicted molar refractivity (Wildman–Crippen MR) is 51.1 cm³/mol. The Bertz CT molecular complexity index is 376. The highest BCUT2D eigenvalue weighted by Crippen LogP contribution is 2.28. The first kappa shape index (κ1) is 11.3. The van der Waals surface area contributed by atoms with Gasteiger partial charge in [0.25, 0.3) is 0 Å². The lowest BCUT2D eigenvalue weighted by Crippen LogP contribution is -2.02. The molecule has 1 aromatic carbocycles. The van der Waals surface area contributed by atoms with E-state index in [-0.39, 0.29) is 23.7 Å². The summed E-state index contributed by atoms with van der Waals surface area (Å²) in [6, 6.07) is 2.24. The number of hydrogen-bond donors (Lipinski definition) is 1. The maximum absolute atomic E-state index is 13.5. The van der Waals surface area contributed by atoms with E-state index in [1.165, 1.54) is 7.11 Å². The normalized spacial score (nSPS) is 9.80. The summed E-state index contributed by atoms with van der Waals surface area (Å²) in [6.45, 7) is 1.93. The average molecular weight is 214 g/mol. The van der Waals surface area contributed by atoms with Crippen LogP contribution in [0.4, 0.5) is 4.39 Å². The Kier molecular flexibility index (Phi) is 3.49. The Morgan fingerprint density at radius 1 is 1.47 bits per heavy atom. The summed E-state index contributed by atoms with van der Waals surface area (Å²) in [5.41, 5.74) is -0.0725. The fraction of sp³-hybridized carbons (Fsp3) is 0.300. The van der Waals surface area contributed by atoms with Gasteiger partial charge in [-0.1, -0.05) is 0 Å². The molecular formula is C10H11FO4. The van der Waals surface area contributed by atoms with Crippen LogP contribution in [0.3, 0.4) is 0 Å². The largest absolute Gasteiger partial charge is 0.494 e. The van der Waals surface area contributed by atoms with Gasteiger partial charge < -0.3 is 14.6 Å². The number of hydrogen-bond acceptors (Lipinski definition) is 3. The van der Waals surface area contributed by atoms with E-state index < -0.39 is 11.8 Å². The maximum atomic E-state index is 13.5. The first-order chi connectivity index (χ1) is 7.10. The van der Waals surface area contributed by atoms with E-state index in [9.17, 15) is 9.18 Å². The van der Waals surface area contributed by atoms with Gasteiger partial charge in [0.15, 0.2) is 11.5 Å². The van der Waals surface area contributed by atoms with Crippen molar-refractivity contribution in [3.8, 4) is 11.5 Å². The van der Waals surface area contributed by atoms with Gasteiger partial charge in [0.05, 0.1) is 19.3 Å². The van der Waals surface area contributed by atoms with Gasteiger partial charge in [0.1, 0.15) is 0 Å². The number of carboxylic acids is 1. The van der Waals surface area contributed by atoms with E-state index >= 15 is 0 Å². The zero-order chi connectivity index (χ0) is 11.4. The van der Waals surface area contributed by atoms with Crippen molar-refractivity contribution in [1.82, 2.24) is 0 Å². The molecule has 5 heteroatoms. The van der Waals surface area contributed by atoms with E-state index in [4.69, 9.17) is 14.6 Å². The number of halogens is 1. The summed E-state index contributed by atoms with van der Waals surface area (Å²) >= 11 is 0. The first-order valence-corrected chi connectivity index (χ1v) is 4.33. The predicted octanol–water partition coefficient (Wildman–Crippen LogP) is 1.93. The van der Waals surface area contributed by atoms with Gasteiger partial charge in [-0.05, 0) is 19.1 Å². The summed E-state index contributed by atoms with van der Waals surface area (Å²) < 4.78 is 23.1. The molecule has 0 aliphatic rings. The number of carboxylic acid groups (broad SMARTS) is 1. The second-order valence-corrected chi connectivity index (χ2v) is 2.73. The molecule has 0 heterocycles. The number of ether oxygens (including phenoxy) is 2. The molecule has 0 unspecified atom stereocenters. The molecule has 82 valence electrons. The van der Waals surface area contributed by atoms with Crippen LogP contribution >= 0.6 is 0 Å². The molecular weight excluding hydrogens is 203 g/mol. The quantitative estimate of drug-likeness (QED) is 0.832. The Hall–Kier alpha value is -1.78. The lowest BCUT2D eigenvalue weighted by molar-refractivity contribution is 0.0695. The molecule has 1 N–H and O–H groups in total. The highest BCUT2D eigenvalue weighted by Gasteiger charge is 2.15. The minimum atomic E-state index is -1.16. The molecule has 1 aromatic rings. The number of benzene rings is 1. The van der Waals surface area contributed by atoms with Crippen LogP contribution in [0.15, 0.2) is 12.1 Å². The molecule has 0 spiro atoms. The molecule has 0 aliphatic carbocycles. The number of carbonyl (C=O) groups is 1. The highest BCUT2D eigenvalue weighted by molar-refractivity contribution is 5.88. The zero-order valence-electron chi connectivity index (χ0n) is 8.41. The molecule has 0 saturated carbocycles. The summed E-state index contributed by atoms with van der Waals surface area (Å²) in [7, 11) is 1.26. The molecule has 0 aromatic heterocycles. The van der Waals surface area contributed by atoms with Crippen LogP contribution in [-0.2, 0) is 0 Å². The van der Waals surface area contributed by atoms with Gasteiger partial charge >= 0.3 is 5.97 Å². The van der Waals surface area contributed by atoms with Crippen LogP contribution in [0.25, 0.3) is 0 Å². The van der Waals surface area contributed by atoms with Crippen molar-refractivity contribution in [3.05, 3.63) is 23.5 Å². The van der Waals surface area contributed by atoms with Crippen LogP contribution in [0.1, 0.15) is 17.3 Å². The van der Waals surface area contributed by atoms with Gasteiger partial charge in [0, 0.05) is 0 Å². The standard InChI is InChI=1S/C10H11FO4/c1-3-15-8-5-6(10(12)13)4-7(14-2)9(8)11/h4-5H,3H2,1-2H3,(H,12,13). The van der Waals surface area contributed by atoms with Gasteiger partial charge in [-0.15, -0.1) is 0 Å².